The van der Waals surface area contributed by atoms with Gasteiger partial charge in [0.15, 0.2) is 29.2 Å². The summed E-state index contributed by atoms with van der Waals surface area (Å²) < 4.78 is 93.5. The molecular weight excluding hydrogens is 1850 g/mol. The lowest BCUT2D eigenvalue weighted by atomic mass is 10.0. The van der Waals surface area contributed by atoms with Gasteiger partial charge in [0.25, 0.3) is 0 Å². The van der Waals surface area contributed by atoms with Crippen molar-refractivity contribution in [2.75, 3.05) is 86.1 Å². The van der Waals surface area contributed by atoms with Gasteiger partial charge in [0.1, 0.15) is 59.6 Å². The topological polar surface area (TPSA) is 400 Å². The molecule has 0 spiro atoms. The zero-order valence-corrected chi connectivity index (χ0v) is 75.7. The first-order valence-electron chi connectivity index (χ1n) is 39.2. The SMILES string of the molecule is CC(=O)c1cn(CC(=O)N2CCOC[C@H]2C(=O)NCc2cccc(Cl)c2F)c2cc(C(=O)O)ccc12.CC(C)(C)OC(=O)N1CCOC[C@H]1C(=O)CCc1cccc(Cl)c1F.CC(C)(C)OC(=O)N1CCOC[C@H]1C(=O)O.COC(=O)c1ccc2c(C(C)=O)cn(CC(=O)O)c2c1.I.NCc1cccc(Cl)c1F.O=C(CCc1cccc(Cl)c1F)[C@@H]1COCCN1. The third-order valence-electron chi connectivity index (χ3n) is 19.1. The Morgan fingerprint density at radius 2 is 0.937 bits per heavy atom. The van der Waals surface area contributed by atoms with Crippen LogP contribution in [0.2, 0.25) is 20.1 Å². The summed E-state index contributed by atoms with van der Waals surface area (Å²) in [5, 5.41) is 34.2. The number of methoxy groups -OCH3 is 1. The van der Waals surface area contributed by atoms with Gasteiger partial charge in [-0.1, -0.05) is 107 Å². The predicted octanol–water partition coefficient (Wildman–Crippen LogP) is 13.4. The maximum absolute atomic E-state index is 14.2. The largest absolute Gasteiger partial charge is 0.480 e. The first-order valence-corrected chi connectivity index (χ1v) is 40.7. The van der Waals surface area contributed by atoms with Gasteiger partial charge in [0.2, 0.25) is 11.8 Å². The molecule has 2 aromatic heterocycles. The number of amides is 4. The molecule has 4 atom stereocenters. The number of halogens is 9. The maximum atomic E-state index is 14.2. The summed E-state index contributed by atoms with van der Waals surface area (Å²) in [5.74, 6) is -7.21. The van der Waals surface area contributed by atoms with Gasteiger partial charge < -0.3 is 78.9 Å². The van der Waals surface area contributed by atoms with Crippen LogP contribution in [0.1, 0.15) is 132 Å². The van der Waals surface area contributed by atoms with E-state index in [2.05, 4.69) is 15.4 Å². The Morgan fingerprint density at radius 3 is 1.37 bits per heavy atom. The maximum Gasteiger partial charge on any atom is 0.411 e. The van der Waals surface area contributed by atoms with Crippen molar-refractivity contribution in [3.63, 3.8) is 0 Å². The number of carbonyl (C=O) groups excluding carboxylic acids is 9. The van der Waals surface area contributed by atoms with Crippen LogP contribution < -0.4 is 16.4 Å². The molecule has 8 aromatic rings. The van der Waals surface area contributed by atoms with Crippen LogP contribution in [0, 0.1) is 23.3 Å². The van der Waals surface area contributed by atoms with Crippen molar-refractivity contribution in [2.45, 2.75) is 143 Å². The summed E-state index contributed by atoms with van der Waals surface area (Å²) in [6, 6.07) is 24.9. The van der Waals surface area contributed by atoms with Crippen LogP contribution in [0.25, 0.3) is 21.8 Å². The number of rotatable bonds is 21. The number of hydrogen-bond donors (Lipinski definition) is 6. The Morgan fingerprint density at radius 1 is 0.524 bits per heavy atom. The predicted molar refractivity (Wildman–Crippen MR) is 469 cm³/mol. The number of aromatic carboxylic acids is 1. The molecule has 4 aliphatic heterocycles. The van der Waals surface area contributed by atoms with E-state index in [4.69, 9.17) is 90.8 Å². The fourth-order valence-electron chi connectivity index (χ4n) is 12.8. The van der Waals surface area contributed by atoms with E-state index < -0.39 is 100 Å². The van der Waals surface area contributed by atoms with Crippen molar-refractivity contribution in [2.24, 2.45) is 5.73 Å². The Labute approximate surface area is 760 Å². The van der Waals surface area contributed by atoms with Crippen LogP contribution in [0.4, 0.5) is 27.2 Å². The summed E-state index contributed by atoms with van der Waals surface area (Å²) in [4.78, 5) is 147. The number of benzene rings is 6. The minimum Gasteiger partial charge on any atom is -0.480 e. The lowest BCUT2D eigenvalue weighted by Crippen LogP contribution is -2.56. The van der Waals surface area contributed by atoms with E-state index >= 15 is 0 Å². The van der Waals surface area contributed by atoms with Gasteiger partial charge in [-0.2, -0.15) is 0 Å². The molecule has 6 aromatic carbocycles. The average molecular weight is 1950 g/mol. The van der Waals surface area contributed by atoms with Crippen LogP contribution in [0.5, 0.6) is 0 Å². The number of morpholine rings is 4. The molecule has 12 rings (SSSR count). The molecule has 0 radical (unpaired) electrons. The van der Waals surface area contributed by atoms with Gasteiger partial charge in [0.05, 0.1) is 108 Å². The van der Waals surface area contributed by atoms with Crippen LogP contribution in [-0.4, -0.2) is 232 Å². The number of nitrogens with one attached hydrogen (secondary N) is 2. The monoisotopic (exact) mass is 1950 g/mol. The molecule has 4 amide bonds. The number of ether oxygens (including phenoxy) is 7. The Kier molecular flexibility index (Phi) is 40.9. The lowest BCUT2D eigenvalue weighted by Gasteiger charge is -2.35. The third-order valence-corrected chi connectivity index (χ3v) is 20.3. The molecule has 0 bridgehead atoms. The van der Waals surface area contributed by atoms with Crippen molar-refractivity contribution in [1.82, 2.24) is 34.5 Å². The van der Waals surface area contributed by atoms with Crippen LogP contribution in [0.15, 0.2) is 122 Å². The Bertz CT molecular complexity index is 5240. The Balaban J connectivity index is 0.000000243. The molecule has 39 heteroatoms. The van der Waals surface area contributed by atoms with E-state index in [1.807, 2.05) is 0 Å². The number of hydrogen-bond acceptors (Lipinski definition) is 21. The van der Waals surface area contributed by atoms with Crippen LogP contribution >= 0.6 is 70.4 Å². The van der Waals surface area contributed by atoms with Gasteiger partial charge >= 0.3 is 36.1 Å². The number of nitrogens with two attached hydrogens (primary N) is 1. The van der Waals surface area contributed by atoms with Crippen molar-refractivity contribution in [3.05, 3.63) is 209 Å². The normalized spacial score (nSPS) is 16.1. The number of ketones is 4. The molecular formula is C87H99Cl4F4IN8O22. The first kappa shape index (κ1) is 105. The number of carboxylic acids is 3. The van der Waals surface area contributed by atoms with E-state index in [0.717, 1.165) is 0 Å². The molecule has 0 aliphatic carbocycles. The van der Waals surface area contributed by atoms with Crippen molar-refractivity contribution in [1.29, 1.82) is 0 Å². The van der Waals surface area contributed by atoms with Crippen LogP contribution in [0.3, 0.4) is 0 Å². The number of carbonyl (C=O) groups is 12. The molecule has 0 saturated carbocycles. The number of Topliss-reactive ketones (excluding diaryl/α,β-unsaturated/α-hetero) is 4. The lowest BCUT2D eigenvalue weighted by molar-refractivity contribution is -0.149. The second-order valence-electron chi connectivity index (χ2n) is 30.4. The van der Waals surface area contributed by atoms with E-state index in [-0.39, 0.29) is 176 Å². The number of aliphatic carboxylic acids is 2. The van der Waals surface area contributed by atoms with E-state index in [1.54, 1.807) is 96.1 Å². The molecule has 682 valence electrons. The number of fused-ring (bicyclic) bond motifs is 2. The molecule has 7 N–H and O–H groups in total. The molecule has 30 nitrogen and oxygen atoms in total. The van der Waals surface area contributed by atoms with Gasteiger partial charge in [-0.05, 0) is 128 Å². The number of aromatic nitrogens is 2. The molecule has 126 heavy (non-hydrogen) atoms. The smallest absolute Gasteiger partial charge is 0.411 e. The summed E-state index contributed by atoms with van der Waals surface area (Å²) in [6.07, 6.45) is 2.80. The average Bonchev–Trinajstić information content (AvgIpc) is 1.63. The summed E-state index contributed by atoms with van der Waals surface area (Å²) >= 11 is 22.7. The highest BCUT2D eigenvalue weighted by atomic mass is 127. The van der Waals surface area contributed by atoms with Crippen molar-refractivity contribution < 1.29 is 124 Å². The number of aryl methyl sites for hydroxylation is 2. The van der Waals surface area contributed by atoms with Gasteiger partial charge in [-0.15, -0.1) is 24.0 Å². The fourth-order valence-corrected chi connectivity index (χ4v) is 13.6. The highest BCUT2D eigenvalue weighted by Gasteiger charge is 2.38. The molecule has 0 unspecified atom stereocenters. The molecule has 4 aliphatic rings. The van der Waals surface area contributed by atoms with Crippen molar-refractivity contribution in [3.8, 4) is 0 Å². The van der Waals surface area contributed by atoms with Gasteiger partial charge in [-0.25, -0.2) is 41.5 Å². The minimum absolute atomic E-state index is 0. The Hall–Kier alpha value is -10.2. The van der Waals surface area contributed by atoms with E-state index in [0.29, 0.717) is 94.6 Å². The standard InChI is InChI=1S/C25H23ClFN3O6.C18H23ClFNO4.C14H13NO5.C13H15ClFNO2.C10H17NO5.C7H7ClFN.HI/c1-14(31)18-11-29(20-9-15(25(34)35)5-6-17(18)20)12-22(32)30-7-8-36-13-21(30)24(33)28-10-16-3-2-4-19(26)23(16)27;1-18(2,3)25-17(23)21-9-10-24-11-14(21)15(22)8-7-12-5-4-6-13(19)16(12)20;1-8(16)11-6-15(7-13(17)18)12-5-9(14(19)20-2)3-4-10(11)12;14-10-3-1-2-9(13(10)15)4-5-12(17)11-8-18-7-6-16-11;1-10(2,3)16-9(14)11-4-5-15-6-7(11)8(12)13;8-6-3-1-2-5(4-10)7(6)9;/h2-6,9,11,21H,7-8,10,12-13H2,1H3,(H,28,33)(H,34,35);4-6,14H,7-11H2,1-3H3;3-6H,7H2,1-2H3,(H,17,18);1-3,11,16H,4-8H2;7H,4-6H2,1-3H3,(H,12,13);1-3H,4,10H2;1H/t21-;14-;;11-;7-;;/m00.00../s1. The zero-order chi connectivity index (χ0) is 92.3. The number of nitrogens with zero attached hydrogens (tertiary/aromatic N) is 5. The van der Waals surface area contributed by atoms with Crippen molar-refractivity contribution >= 4 is 163 Å². The minimum atomic E-state index is -1.14. The van der Waals surface area contributed by atoms with Crippen LogP contribution in [-0.2, 0) is 101 Å². The summed E-state index contributed by atoms with van der Waals surface area (Å²) in [7, 11) is 1.27. The molecule has 4 saturated heterocycles. The zero-order valence-electron chi connectivity index (χ0n) is 70.3. The number of carboxylic acid groups (broad SMARTS) is 3. The third kappa shape index (κ3) is 30.5. The van der Waals surface area contributed by atoms with Gasteiger partial charge in [-0.3, -0.25) is 43.4 Å². The first-order chi connectivity index (χ1) is 59.0. The molecule has 6 heterocycles. The summed E-state index contributed by atoms with van der Waals surface area (Å²) in [6.45, 7) is 16.3. The van der Waals surface area contributed by atoms with E-state index in [1.165, 1.54) is 112 Å². The van der Waals surface area contributed by atoms with E-state index in [9.17, 15) is 80.2 Å². The number of esters is 1. The second-order valence-corrected chi connectivity index (χ2v) is 32.1. The highest BCUT2D eigenvalue weighted by molar-refractivity contribution is 14.0. The summed E-state index contributed by atoms with van der Waals surface area (Å²) in [5.41, 5.74) is 7.49. The quantitative estimate of drug-likeness (QED) is 0.0128. The second kappa shape index (κ2) is 49.2. The fraction of sp³-hybridized carbons (Fsp3) is 0.402. The highest BCUT2D eigenvalue weighted by Crippen LogP contribution is 2.29. The molecule has 4 fully saturated rings. The van der Waals surface area contributed by atoms with Gasteiger partial charge in [0, 0.05) is 97.5 Å².